The van der Waals surface area contributed by atoms with Crippen molar-refractivity contribution in [3.8, 4) is 0 Å². The van der Waals surface area contributed by atoms with E-state index in [2.05, 4.69) is 30.8 Å². The first-order valence-corrected chi connectivity index (χ1v) is 10.3. The molecule has 0 saturated heterocycles. The van der Waals surface area contributed by atoms with Gasteiger partial charge in [-0.15, -0.1) is 0 Å². The van der Waals surface area contributed by atoms with Gasteiger partial charge < -0.3 is 10.6 Å². The molecule has 0 aromatic carbocycles. The Kier molecular flexibility index (Phi) is 5.73. The summed E-state index contributed by atoms with van der Waals surface area (Å²) >= 11 is 0. The number of H-pyrrole nitrogens is 2. The normalized spacial score (nSPS) is 21.2. The van der Waals surface area contributed by atoms with E-state index in [-0.39, 0.29) is 36.0 Å². The third-order valence-electron chi connectivity index (χ3n) is 5.85. The molecule has 0 spiro atoms. The molecule has 9 heteroatoms. The number of aromatic nitrogens is 4. The molecule has 1 saturated carbocycles. The minimum Gasteiger partial charge on any atom is -0.349 e. The maximum atomic E-state index is 12.6. The van der Waals surface area contributed by atoms with Crippen LogP contribution in [0.2, 0.25) is 0 Å². The summed E-state index contributed by atoms with van der Waals surface area (Å²) in [5, 5.41) is 11.9. The van der Waals surface area contributed by atoms with Crippen molar-refractivity contribution in [3.63, 3.8) is 0 Å². The van der Waals surface area contributed by atoms with Crippen LogP contribution in [0.3, 0.4) is 0 Å². The molecule has 0 radical (unpaired) electrons. The highest BCUT2D eigenvalue weighted by atomic mass is 16.2. The summed E-state index contributed by atoms with van der Waals surface area (Å²) in [5.74, 6) is 0.195. The zero-order chi connectivity index (χ0) is 20.2. The molecule has 2 aromatic rings. The third-order valence-corrected chi connectivity index (χ3v) is 5.85. The van der Waals surface area contributed by atoms with Gasteiger partial charge in [0.15, 0.2) is 0 Å². The molecule has 154 valence electrons. The van der Waals surface area contributed by atoms with Crippen LogP contribution >= 0.6 is 0 Å². The molecule has 2 aliphatic carbocycles. The second kappa shape index (κ2) is 8.59. The number of aryl methyl sites for hydroxylation is 2. The minimum atomic E-state index is -0.389. The second-order valence-electron chi connectivity index (χ2n) is 7.90. The summed E-state index contributed by atoms with van der Waals surface area (Å²) in [4.78, 5) is 42.9. The van der Waals surface area contributed by atoms with E-state index in [9.17, 15) is 14.4 Å². The number of carbonyl (C=O) groups is 2. The molecule has 4 rings (SSSR count). The molecule has 2 amide bonds. The maximum Gasteiger partial charge on any atom is 0.340 e. The first kappa shape index (κ1) is 19.4. The highest BCUT2D eigenvalue weighted by Crippen LogP contribution is 2.25. The molecule has 0 atom stereocenters. The average molecular weight is 398 g/mol. The van der Waals surface area contributed by atoms with Crippen LogP contribution in [0.5, 0.6) is 0 Å². The van der Waals surface area contributed by atoms with Crippen molar-refractivity contribution >= 4 is 11.8 Å². The number of aromatic amines is 2. The van der Waals surface area contributed by atoms with Crippen molar-refractivity contribution in [2.45, 2.75) is 64.0 Å². The van der Waals surface area contributed by atoms with Crippen molar-refractivity contribution < 1.29 is 9.59 Å². The van der Waals surface area contributed by atoms with Gasteiger partial charge in [0.25, 0.3) is 5.91 Å². The van der Waals surface area contributed by atoms with Crippen LogP contribution in [0.1, 0.15) is 66.0 Å². The topological polar surface area (TPSA) is 133 Å². The highest BCUT2D eigenvalue weighted by Gasteiger charge is 2.27. The van der Waals surface area contributed by atoms with Crippen molar-refractivity contribution in [2.24, 2.45) is 5.92 Å². The summed E-state index contributed by atoms with van der Waals surface area (Å²) in [6.45, 7) is 0.194. The first-order valence-electron chi connectivity index (χ1n) is 10.3. The lowest BCUT2D eigenvalue weighted by Gasteiger charge is -2.28. The Balaban J connectivity index is 1.24. The Labute approximate surface area is 168 Å². The lowest BCUT2D eigenvalue weighted by Crippen LogP contribution is -2.41. The van der Waals surface area contributed by atoms with E-state index in [0.717, 1.165) is 50.6 Å². The van der Waals surface area contributed by atoms with Gasteiger partial charge in [-0.25, -0.2) is 9.89 Å². The number of fused-ring (bicyclic) bond motifs is 1. The SMILES string of the molecule is O=C(NC1CCC(C(=O)NCc2n[nH]c(=O)[nH]2)CC1)c1cnc2c(c1)CCCC2. The van der Waals surface area contributed by atoms with Gasteiger partial charge in [-0.1, -0.05) is 0 Å². The Morgan fingerprint density at radius 2 is 1.93 bits per heavy atom. The largest absolute Gasteiger partial charge is 0.349 e. The van der Waals surface area contributed by atoms with Gasteiger partial charge in [0.05, 0.1) is 12.1 Å². The molecule has 2 aliphatic rings. The van der Waals surface area contributed by atoms with Crippen molar-refractivity contribution in [3.05, 3.63) is 45.4 Å². The molecular weight excluding hydrogens is 372 g/mol. The van der Waals surface area contributed by atoms with Crippen LogP contribution in [0, 0.1) is 5.92 Å². The molecule has 0 bridgehead atoms. The van der Waals surface area contributed by atoms with Gasteiger partial charge >= 0.3 is 5.69 Å². The average Bonchev–Trinajstić information content (AvgIpc) is 3.17. The number of pyridine rings is 1. The van der Waals surface area contributed by atoms with E-state index < -0.39 is 0 Å². The molecule has 9 nitrogen and oxygen atoms in total. The number of nitrogens with one attached hydrogen (secondary N) is 4. The maximum absolute atomic E-state index is 12.6. The molecule has 0 unspecified atom stereocenters. The minimum absolute atomic E-state index is 0.0440. The molecule has 4 N–H and O–H groups in total. The fourth-order valence-corrected chi connectivity index (χ4v) is 4.19. The smallest absolute Gasteiger partial charge is 0.340 e. The summed E-state index contributed by atoms with van der Waals surface area (Å²) in [6, 6.07) is 2.06. The van der Waals surface area contributed by atoms with E-state index in [1.165, 1.54) is 12.0 Å². The van der Waals surface area contributed by atoms with Crippen LogP contribution in [0.4, 0.5) is 0 Å². The number of hydrogen-bond donors (Lipinski definition) is 4. The quantitative estimate of drug-likeness (QED) is 0.596. The highest BCUT2D eigenvalue weighted by molar-refractivity contribution is 5.94. The van der Waals surface area contributed by atoms with E-state index in [1.54, 1.807) is 6.20 Å². The van der Waals surface area contributed by atoms with Crippen molar-refractivity contribution in [2.75, 3.05) is 0 Å². The molecule has 29 heavy (non-hydrogen) atoms. The monoisotopic (exact) mass is 398 g/mol. The molecule has 0 aliphatic heterocycles. The van der Waals surface area contributed by atoms with Crippen LogP contribution in [0.25, 0.3) is 0 Å². The zero-order valence-electron chi connectivity index (χ0n) is 16.3. The van der Waals surface area contributed by atoms with E-state index in [4.69, 9.17) is 0 Å². The molecule has 1 fully saturated rings. The van der Waals surface area contributed by atoms with Crippen molar-refractivity contribution in [1.82, 2.24) is 30.8 Å². The van der Waals surface area contributed by atoms with Gasteiger partial charge in [-0.3, -0.25) is 19.6 Å². The standard InChI is InChI=1S/C20H26N6O3/c27-18(22-11-17-24-20(29)26-25-17)12-5-7-15(8-6-12)23-19(28)14-9-13-3-1-2-4-16(13)21-10-14/h9-10,12,15H,1-8,11H2,(H,22,27)(H,23,28)(H2,24,25,26,29). The summed E-state index contributed by atoms with van der Waals surface area (Å²) < 4.78 is 0. The van der Waals surface area contributed by atoms with Crippen LogP contribution < -0.4 is 16.3 Å². The number of carbonyl (C=O) groups excluding carboxylic acids is 2. The lowest BCUT2D eigenvalue weighted by atomic mass is 9.85. The summed E-state index contributed by atoms with van der Waals surface area (Å²) in [6.07, 6.45) is 8.97. The Morgan fingerprint density at radius 1 is 1.14 bits per heavy atom. The van der Waals surface area contributed by atoms with E-state index in [0.29, 0.717) is 11.4 Å². The Hall–Kier alpha value is -2.97. The summed E-state index contributed by atoms with van der Waals surface area (Å²) in [5.41, 5.74) is 2.55. The van der Waals surface area contributed by atoms with Crippen LogP contribution in [-0.4, -0.2) is 38.0 Å². The molecule has 2 aromatic heterocycles. The van der Waals surface area contributed by atoms with Crippen LogP contribution in [-0.2, 0) is 24.2 Å². The Bertz CT molecular complexity index is 942. The molecule has 2 heterocycles. The first-order chi connectivity index (χ1) is 14.1. The predicted molar refractivity (Wildman–Crippen MR) is 105 cm³/mol. The van der Waals surface area contributed by atoms with Gasteiger partial charge in [0, 0.05) is 23.9 Å². The van der Waals surface area contributed by atoms with Crippen molar-refractivity contribution in [1.29, 1.82) is 0 Å². The van der Waals surface area contributed by atoms with Gasteiger partial charge in [0.1, 0.15) is 5.82 Å². The zero-order valence-corrected chi connectivity index (χ0v) is 16.3. The number of nitrogens with zero attached hydrogens (tertiary/aromatic N) is 2. The lowest BCUT2D eigenvalue weighted by molar-refractivity contribution is -0.126. The fourth-order valence-electron chi connectivity index (χ4n) is 4.19. The molecular formula is C20H26N6O3. The van der Waals surface area contributed by atoms with E-state index in [1.807, 2.05) is 6.07 Å². The predicted octanol–water partition coefficient (Wildman–Crippen LogP) is 0.977. The fraction of sp³-hybridized carbons (Fsp3) is 0.550. The third kappa shape index (κ3) is 4.72. The van der Waals surface area contributed by atoms with E-state index >= 15 is 0 Å². The summed E-state index contributed by atoms with van der Waals surface area (Å²) in [7, 11) is 0. The van der Waals surface area contributed by atoms with Gasteiger partial charge in [0.2, 0.25) is 5.91 Å². The van der Waals surface area contributed by atoms with Crippen LogP contribution in [0.15, 0.2) is 17.1 Å². The number of hydrogen-bond acceptors (Lipinski definition) is 5. The second-order valence-corrected chi connectivity index (χ2v) is 7.90. The number of amides is 2. The Morgan fingerprint density at radius 3 is 2.69 bits per heavy atom. The van der Waals surface area contributed by atoms with Gasteiger partial charge in [-0.2, -0.15) is 5.10 Å². The number of rotatable bonds is 5. The van der Waals surface area contributed by atoms with Gasteiger partial charge in [-0.05, 0) is 63.0 Å².